The minimum atomic E-state index is -0.310. The van der Waals surface area contributed by atoms with Crippen LogP contribution in [0.1, 0.15) is 53.6 Å². The van der Waals surface area contributed by atoms with Crippen molar-refractivity contribution in [3.05, 3.63) is 71.0 Å². The van der Waals surface area contributed by atoms with Gasteiger partial charge in [0.1, 0.15) is 5.82 Å². The number of likely N-dealkylation sites (tertiary alicyclic amines) is 1. The molecular formula is C27H33FN4O3. The summed E-state index contributed by atoms with van der Waals surface area (Å²) in [5.41, 5.74) is 7.44. The SMILES string of the molecule is CCCN.Fc1ccc(C2CC2)cc1.N#Cc1ccc(C(=O)NCC(=O)N2CC3(COC3)C2)cc1. The maximum atomic E-state index is 12.4. The number of carbonyl (C=O) groups is 2. The summed E-state index contributed by atoms with van der Waals surface area (Å²) in [6.45, 7) is 5.77. The Morgan fingerprint density at radius 2 is 1.74 bits per heavy atom. The van der Waals surface area contributed by atoms with E-state index in [1.54, 1.807) is 29.2 Å². The van der Waals surface area contributed by atoms with Crippen LogP contribution in [-0.4, -0.2) is 56.1 Å². The molecule has 0 bridgehead atoms. The van der Waals surface area contributed by atoms with Gasteiger partial charge in [0.25, 0.3) is 5.91 Å². The highest BCUT2D eigenvalue weighted by molar-refractivity contribution is 5.96. The molecular weight excluding hydrogens is 447 g/mol. The Bertz CT molecular complexity index is 1020. The van der Waals surface area contributed by atoms with Crippen LogP contribution >= 0.6 is 0 Å². The van der Waals surface area contributed by atoms with E-state index >= 15 is 0 Å². The minimum Gasteiger partial charge on any atom is -0.380 e. The Morgan fingerprint density at radius 1 is 1.14 bits per heavy atom. The summed E-state index contributed by atoms with van der Waals surface area (Å²) >= 11 is 0. The Morgan fingerprint density at radius 3 is 2.20 bits per heavy atom. The van der Waals surface area contributed by atoms with Crippen molar-refractivity contribution in [2.45, 2.75) is 32.1 Å². The van der Waals surface area contributed by atoms with E-state index in [4.69, 9.17) is 15.7 Å². The molecule has 2 heterocycles. The Hall–Kier alpha value is -3.28. The summed E-state index contributed by atoms with van der Waals surface area (Å²) < 4.78 is 17.5. The number of halogens is 1. The molecule has 2 saturated heterocycles. The summed E-state index contributed by atoms with van der Waals surface area (Å²) in [7, 11) is 0. The third-order valence-corrected chi connectivity index (χ3v) is 6.11. The van der Waals surface area contributed by atoms with Gasteiger partial charge in [0.15, 0.2) is 0 Å². The monoisotopic (exact) mass is 480 g/mol. The van der Waals surface area contributed by atoms with E-state index < -0.39 is 0 Å². The average molecular weight is 481 g/mol. The van der Waals surface area contributed by atoms with Gasteiger partial charge in [-0.05, 0) is 73.7 Å². The number of rotatable bonds is 5. The number of benzene rings is 2. The molecule has 5 rings (SSSR count). The first-order valence-corrected chi connectivity index (χ1v) is 12.0. The highest BCUT2D eigenvalue weighted by Gasteiger charge is 2.50. The summed E-state index contributed by atoms with van der Waals surface area (Å²) in [6.07, 6.45) is 3.66. The standard InChI is InChI=1S/C15H15N3O3.C9H9F.C3H9N/c16-5-11-1-3-12(4-2-11)14(20)17-6-13(19)18-7-15(8-18)9-21-10-15;10-9-5-3-8(4-6-9)7-1-2-7;1-2-3-4/h1-4H,6-10H2,(H,17,20);3-7H,1-2H2;2-4H2,1H3. The van der Waals surface area contributed by atoms with Crippen molar-refractivity contribution in [2.75, 3.05) is 39.4 Å². The molecule has 186 valence electrons. The van der Waals surface area contributed by atoms with Crippen LogP contribution in [0, 0.1) is 22.6 Å². The van der Waals surface area contributed by atoms with Gasteiger partial charge in [0, 0.05) is 18.7 Å². The molecule has 1 spiro atoms. The molecule has 1 aliphatic carbocycles. The lowest BCUT2D eigenvalue weighted by Gasteiger charge is -2.54. The van der Waals surface area contributed by atoms with Crippen LogP contribution in [0.25, 0.3) is 0 Å². The fourth-order valence-electron chi connectivity index (χ4n) is 3.73. The number of hydrogen-bond donors (Lipinski definition) is 2. The van der Waals surface area contributed by atoms with E-state index in [0.717, 1.165) is 45.2 Å². The topological polar surface area (TPSA) is 108 Å². The van der Waals surface area contributed by atoms with Crippen molar-refractivity contribution in [3.63, 3.8) is 0 Å². The maximum absolute atomic E-state index is 12.4. The van der Waals surface area contributed by atoms with Gasteiger partial charge >= 0.3 is 0 Å². The van der Waals surface area contributed by atoms with Gasteiger partial charge in [-0.25, -0.2) is 4.39 Å². The number of hydrogen-bond acceptors (Lipinski definition) is 5. The molecule has 3 fully saturated rings. The van der Waals surface area contributed by atoms with E-state index in [0.29, 0.717) is 11.1 Å². The second-order valence-electron chi connectivity index (χ2n) is 9.23. The molecule has 7 nitrogen and oxygen atoms in total. The van der Waals surface area contributed by atoms with Crippen LogP contribution in [-0.2, 0) is 9.53 Å². The third kappa shape index (κ3) is 7.61. The zero-order valence-electron chi connectivity index (χ0n) is 20.1. The van der Waals surface area contributed by atoms with Crippen LogP contribution < -0.4 is 11.1 Å². The Labute approximate surface area is 206 Å². The lowest BCUT2D eigenvalue weighted by molar-refractivity contribution is -0.194. The number of amides is 2. The average Bonchev–Trinajstić information content (AvgIpc) is 3.67. The van der Waals surface area contributed by atoms with Crippen molar-refractivity contribution in [1.29, 1.82) is 5.26 Å². The molecule has 0 atom stereocenters. The number of nitrogens with two attached hydrogens (primary N) is 1. The normalized spacial score (nSPS) is 16.8. The van der Waals surface area contributed by atoms with Crippen LogP contribution in [0.4, 0.5) is 4.39 Å². The molecule has 8 heteroatoms. The quantitative estimate of drug-likeness (QED) is 0.683. The number of ether oxygens (including phenoxy) is 1. The van der Waals surface area contributed by atoms with Gasteiger partial charge in [-0.15, -0.1) is 0 Å². The van der Waals surface area contributed by atoms with Crippen molar-refractivity contribution in [2.24, 2.45) is 11.1 Å². The van der Waals surface area contributed by atoms with Crippen molar-refractivity contribution in [1.82, 2.24) is 10.2 Å². The van der Waals surface area contributed by atoms with E-state index in [1.165, 1.54) is 30.5 Å². The van der Waals surface area contributed by atoms with Crippen LogP contribution in [0.2, 0.25) is 0 Å². The van der Waals surface area contributed by atoms with Gasteiger partial charge in [-0.3, -0.25) is 9.59 Å². The van der Waals surface area contributed by atoms with E-state index in [9.17, 15) is 14.0 Å². The van der Waals surface area contributed by atoms with Gasteiger partial charge in [-0.1, -0.05) is 19.1 Å². The molecule has 1 saturated carbocycles. The molecule has 0 aromatic heterocycles. The zero-order valence-corrected chi connectivity index (χ0v) is 20.1. The fraction of sp³-hybridized carbons (Fsp3) is 0.444. The van der Waals surface area contributed by atoms with E-state index in [-0.39, 0.29) is 29.6 Å². The molecule has 3 N–H and O–H groups in total. The largest absolute Gasteiger partial charge is 0.380 e. The summed E-state index contributed by atoms with van der Waals surface area (Å²) in [5.74, 6) is 0.217. The summed E-state index contributed by atoms with van der Waals surface area (Å²) in [5, 5.41) is 11.3. The summed E-state index contributed by atoms with van der Waals surface area (Å²) in [6, 6.07) is 15.1. The van der Waals surface area contributed by atoms with Gasteiger partial charge < -0.3 is 20.7 Å². The van der Waals surface area contributed by atoms with Crippen LogP contribution in [0.5, 0.6) is 0 Å². The molecule has 3 aliphatic rings. The van der Waals surface area contributed by atoms with E-state index in [2.05, 4.69) is 12.2 Å². The lowest BCUT2D eigenvalue weighted by atomic mass is 9.78. The summed E-state index contributed by atoms with van der Waals surface area (Å²) in [4.78, 5) is 25.5. The third-order valence-electron chi connectivity index (χ3n) is 6.11. The number of carbonyl (C=O) groups excluding carboxylic acids is 2. The van der Waals surface area contributed by atoms with Crippen molar-refractivity contribution < 1.29 is 18.7 Å². The minimum absolute atomic E-state index is 0.00419. The first-order chi connectivity index (χ1) is 16.9. The van der Waals surface area contributed by atoms with Gasteiger partial charge in [0.2, 0.25) is 5.91 Å². The first kappa shape index (κ1) is 26.3. The zero-order chi connectivity index (χ0) is 25.3. The fourth-order valence-corrected chi connectivity index (χ4v) is 3.73. The molecule has 0 unspecified atom stereocenters. The molecule has 35 heavy (non-hydrogen) atoms. The molecule has 2 aromatic rings. The van der Waals surface area contributed by atoms with E-state index in [1.807, 2.05) is 18.2 Å². The molecule has 2 aromatic carbocycles. The second kappa shape index (κ2) is 12.4. The Balaban J connectivity index is 0.000000202. The van der Waals surface area contributed by atoms with Crippen molar-refractivity contribution in [3.8, 4) is 6.07 Å². The smallest absolute Gasteiger partial charge is 0.251 e. The number of nitrogens with zero attached hydrogens (tertiary/aromatic N) is 2. The van der Waals surface area contributed by atoms with Crippen molar-refractivity contribution >= 4 is 11.8 Å². The lowest BCUT2D eigenvalue weighted by Crippen LogP contribution is -2.68. The highest BCUT2D eigenvalue weighted by atomic mass is 19.1. The maximum Gasteiger partial charge on any atom is 0.251 e. The van der Waals surface area contributed by atoms with Gasteiger partial charge in [-0.2, -0.15) is 5.26 Å². The van der Waals surface area contributed by atoms with Gasteiger partial charge in [0.05, 0.1) is 36.8 Å². The predicted octanol–water partition coefficient (Wildman–Crippen LogP) is 3.21. The van der Waals surface area contributed by atoms with Crippen LogP contribution in [0.15, 0.2) is 48.5 Å². The number of nitrogens with one attached hydrogen (secondary N) is 1. The second-order valence-corrected chi connectivity index (χ2v) is 9.23. The predicted molar refractivity (Wildman–Crippen MR) is 131 cm³/mol. The molecule has 0 radical (unpaired) electrons. The molecule has 2 amide bonds. The van der Waals surface area contributed by atoms with Crippen LogP contribution in [0.3, 0.4) is 0 Å². The first-order valence-electron chi connectivity index (χ1n) is 12.0. The molecule has 2 aliphatic heterocycles. The number of nitriles is 1. The highest BCUT2D eigenvalue weighted by Crippen LogP contribution is 2.39. The Kier molecular flexibility index (Phi) is 9.35.